The zero-order valence-electron chi connectivity index (χ0n) is 51.1. The third-order valence-corrected chi connectivity index (χ3v) is 10.9. The largest absolute Gasteiger partial charge is 0.534 e. The van der Waals surface area contributed by atoms with E-state index in [4.69, 9.17) is 104 Å². The van der Waals surface area contributed by atoms with Crippen molar-refractivity contribution in [2.24, 2.45) is 0 Å². The number of amides is 3. The highest BCUT2D eigenvalue weighted by Crippen LogP contribution is 2.18. The van der Waals surface area contributed by atoms with Crippen LogP contribution in [0.2, 0.25) is 0 Å². The van der Waals surface area contributed by atoms with Crippen LogP contribution >= 0.6 is 0 Å². The molecule has 32 heteroatoms. The van der Waals surface area contributed by atoms with Crippen molar-refractivity contribution in [2.45, 2.75) is 6.42 Å². The molecular formula is C56H99N3O29. The predicted octanol–water partition coefficient (Wildman–Crippen LogP) is -0.756. The van der Waals surface area contributed by atoms with Crippen LogP contribution in [0.25, 0.3) is 0 Å². The molecule has 0 radical (unpaired) electrons. The molecule has 0 saturated heterocycles. The Bertz CT molecular complexity index is 1750. The zero-order valence-corrected chi connectivity index (χ0v) is 51.1. The standard InChI is InChI=1S/C56H99N3O29/c60-51(5-7-58-52(61)1-2-53(58)62)57-6-8-66-9-10-67-11-12-68-13-14-69-15-16-70-17-18-71-19-20-72-21-22-73-23-24-74-25-26-75-27-28-76-29-30-77-31-32-78-33-34-79-35-36-80-37-38-81-39-40-82-41-42-83-43-44-84-45-46-85-47-48-86-49-50-87-56(65)88-59-54(63)3-4-55(59)64/h1-4,63-64H,5-50H2,(H,57,60). The second-order valence-corrected chi connectivity index (χ2v) is 17.7. The predicted molar refractivity (Wildman–Crippen MR) is 306 cm³/mol. The van der Waals surface area contributed by atoms with E-state index in [-0.39, 0.29) is 32.1 Å². The lowest BCUT2D eigenvalue weighted by Gasteiger charge is -2.13. The molecule has 0 spiro atoms. The van der Waals surface area contributed by atoms with Crippen molar-refractivity contribution in [2.75, 3.05) is 297 Å². The molecule has 1 aliphatic rings. The van der Waals surface area contributed by atoms with Crippen LogP contribution in [0.1, 0.15) is 6.42 Å². The van der Waals surface area contributed by atoms with Gasteiger partial charge >= 0.3 is 6.16 Å². The van der Waals surface area contributed by atoms with Crippen LogP contribution < -0.4 is 10.2 Å². The number of carbonyl (C=O) groups is 4. The molecule has 1 aromatic heterocycles. The SMILES string of the molecule is O=C(CCN1C(=O)C=CC1=O)NCCOCCOCCOCCOCCOCCOCCOCCOCCOCCOCCOCCOCCOCCOCCOCCOCCOCCOCCOCCOCCOCCOC(=O)On1c(O)ccc1O. The van der Waals surface area contributed by atoms with Gasteiger partial charge in [0.05, 0.1) is 277 Å². The second kappa shape index (κ2) is 62.8. The van der Waals surface area contributed by atoms with Gasteiger partial charge in [0, 0.05) is 43.8 Å². The van der Waals surface area contributed by atoms with Crippen LogP contribution in [-0.4, -0.2) is 341 Å². The molecule has 0 unspecified atom stereocenters. The maximum atomic E-state index is 11.8. The van der Waals surface area contributed by atoms with E-state index in [2.05, 4.69) is 10.2 Å². The minimum Gasteiger partial charge on any atom is -0.492 e. The lowest BCUT2D eigenvalue weighted by atomic mass is 10.3. The van der Waals surface area contributed by atoms with Crippen molar-refractivity contribution in [3.63, 3.8) is 0 Å². The van der Waals surface area contributed by atoms with E-state index in [0.717, 1.165) is 17.0 Å². The lowest BCUT2D eigenvalue weighted by molar-refractivity contribution is -0.137. The molecule has 2 rings (SSSR count). The van der Waals surface area contributed by atoms with Gasteiger partial charge in [-0.2, -0.15) is 0 Å². The van der Waals surface area contributed by atoms with Gasteiger partial charge in [-0.15, -0.1) is 4.73 Å². The van der Waals surface area contributed by atoms with Gasteiger partial charge in [0.1, 0.15) is 6.61 Å². The van der Waals surface area contributed by atoms with Gasteiger partial charge in [-0.3, -0.25) is 24.1 Å². The van der Waals surface area contributed by atoms with Crippen molar-refractivity contribution in [3.05, 3.63) is 24.3 Å². The van der Waals surface area contributed by atoms with E-state index in [0.29, 0.717) is 282 Å². The monoisotopic (exact) mass is 1280 g/mol. The molecule has 1 aromatic rings. The first-order valence-corrected chi connectivity index (χ1v) is 29.8. The van der Waals surface area contributed by atoms with E-state index in [1.165, 1.54) is 12.2 Å². The van der Waals surface area contributed by atoms with Crippen molar-refractivity contribution >= 4 is 23.9 Å². The summed E-state index contributed by atoms with van der Waals surface area (Å²) in [6.07, 6.45) is 1.32. The number of ether oxygens (including phenoxy) is 22. The number of rotatable bonds is 70. The average Bonchev–Trinajstić information content (AvgIpc) is 4.23. The lowest BCUT2D eigenvalue weighted by Crippen LogP contribution is -2.35. The highest BCUT2D eigenvalue weighted by Gasteiger charge is 2.23. The molecule has 0 aliphatic carbocycles. The Hall–Kier alpha value is -4.34. The molecule has 0 bridgehead atoms. The van der Waals surface area contributed by atoms with Crippen LogP contribution in [0.3, 0.4) is 0 Å². The topological polar surface area (TPSA) is 341 Å². The number of nitrogens with zero attached hydrogens (tertiary/aromatic N) is 2. The fourth-order valence-electron chi connectivity index (χ4n) is 6.50. The van der Waals surface area contributed by atoms with Gasteiger partial charge in [0.25, 0.3) is 11.8 Å². The Kier molecular flexibility index (Phi) is 56.9. The maximum Gasteiger partial charge on any atom is 0.534 e. The Morgan fingerprint density at radius 1 is 0.318 bits per heavy atom. The van der Waals surface area contributed by atoms with Crippen molar-refractivity contribution in [3.8, 4) is 11.8 Å². The first-order valence-electron chi connectivity index (χ1n) is 29.8. The van der Waals surface area contributed by atoms with E-state index >= 15 is 0 Å². The van der Waals surface area contributed by atoms with E-state index in [1.807, 2.05) is 0 Å². The first-order chi connectivity index (χ1) is 43.4. The quantitative estimate of drug-likeness (QED) is 0.0410. The zero-order chi connectivity index (χ0) is 62.9. The molecular weight excluding hydrogens is 1180 g/mol. The highest BCUT2D eigenvalue weighted by molar-refractivity contribution is 6.13. The molecule has 3 amide bonds. The van der Waals surface area contributed by atoms with E-state index in [1.54, 1.807) is 0 Å². The van der Waals surface area contributed by atoms with Gasteiger partial charge in [-0.05, 0) is 0 Å². The first kappa shape index (κ1) is 79.8. The molecule has 0 aromatic carbocycles. The van der Waals surface area contributed by atoms with Crippen molar-refractivity contribution < 1.29 is 138 Å². The third kappa shape index (κ3) is 52.4. The van der Waals surface area contributed by atoms with Crippen molar-refractivity contribution in [1.29, 1.82) is 0 Å². The highest BCUT2D eigenvalue weighted by atomic mass is 16.8. The van der Waals surface area contributed by atoms with Gasteiger partial charge in [0.15, 0.2) is 0 Å². The van der Waals surface area contributed by atoms with Gasteiger partial charge in [-0.1, -0.05) is 0 Å². The van der Waals surface area contributed by atoms with Crippen LogP contribution in [0.15, 0.2) is 24.3 Å². The van der Waals surface area contributed by atoms with Crippen LogP contribution in [0.5, 0.6) is 11.8 Å². The molecule has 0 atom stereocenters. The molecule has 0 saturated carbocycles. The number of hydrogen-bond acceptors (Lipinski definition) is 29. The fourth-order valence-corrected chi connectivity index (χ4v) is 6.50. The number of aromatic hydroxyl groups is 2. The van der Waals surface area contributed by atoms with E-state index < -0.39 is 29.7 Å². The molecule has 88 heavy (non-hydrogen) atoms. The minimum atomic E-state index is -1.10. The summed E-state index contributed by atoms with van der Waals surface area (Å²) in [7, 11) is 0. The summed E-state index contributed by atoms with van der Waals surface area (Å²) in [5, 5.41) is 21.5. The summed E-state index contributed by atoms with van der Waals surface area (Å²) in [6.45, 7) is 18.4. The molecule has 512 valence electrons. The third-order valence-electron chi connectivity index (χ3n) is 10.9. The number of carbonyl (C=O) groups excluding carboxylic acids is 4. The van der Waals surface area contributed by atoms with Crippen LogP contribution in [-0.2, 0) is 119 Å². The summed E-state index contributed by atoms with van der Waals surface area (Å²) < 4.78 is 120. The Labute approximate surface area is 515 Å². The normalized spacial score (nSPS) is 12.3. The van der Waals surface area contributed by atoms with Gasteiger partial charge < -0.3 is 120 Å². The number of aromatic nitrogens is 1. The summed E-state index contributed by atoms with van der Waals surface area (Å²) in [5.41, 5.74) is 0. The number of hydrogen-bond donors (Lipinski definition) is 3. The summed E-state index contributed by atoms with van der Waals surface area (Å²) in [4.78, 5) is 52.0. The smallest absolute Gasteiger partial charge is 0.492 e. The Balaban J connectivity index is 1.10. The molecule has 0 fully saturated rings. The summed E-state index contributed by atoms with van der Waals surface area (Å²) in [5.74, 6) is -1.97. The fraction of sp³-hybridized carbons (Fsp3) is 0.821. The summed E-state index contributed by atoms with van der Waals surface area (Å²) >= 11 is 0. The molecule has 3 N–H and O–H groups in total. The van der Waals surface area contributed by atoms with Crippen LogP contribution in [0.4, 0.5) is 4.79 Å². The average molecular weight is 1280 g/mol. The maximum absolute atomic E-state index is 11.8. The minimum absolute atomic E-state index is 0.0424. The van der Waals surface area contributed by atoms with Crippen molar-refractivity contribution in [1.82, 2.24) is 14.9 Å². The van der Waals surface area contributed by atoms with Gasteiger partial charge in [0.2, 0.25) is 17.7 Å². The Morgan fingerprint density at radius 2 is 0.523 bits per heavy atom. The van der Waals surface area contributed by atoms with E-state index in [9.17, 15) is 29.4 Å². The molecule has 2 heterocycles. The Morgan fingerprint density at radius 3 is 0.750 bits per heavy atom. The van der Waals surface area contributed by atoms with Gasteiger partial charge in [-0.25, -0.2) is 4.79 Å². The summed E-state index contributed by atoms with van der Waals surface area (Å²) in [6, 6.07) is 2.31. The number of nitrogens with one attached hydrogen (secondary N) is 1. The molecule has 32 nitrogen and oxygen atoms in total. The number of imide groups is 1. The molecule has 1 aliphatic heterocycles. The second-order valence-electron chi connectivity index (χ2n) is 17.7. The van der Waals surface area contributed by atoms with Crippen LogP contribution in [0, 0.1) is 0 Å².